The van der Waals surface area contributed by atoms with Gasteiger partial charge in [-0.05, 0) is 19.1 Å². The van der Waals surface area contributed by atoms with Gasteiger partial charge in [-0.1, -0.05) is 0 Å². The standard InChI is InChI=1S/C11H14N2O5/c1-2-18-11(15)6-9(12)8-5-7(14)3-4-10(8)13(16)17/h3-5,9,14H,2,6,12H2,1H3/t9-/m1/s1. The topological polar surface area (TPSA) is 116 Å². The monoisotopic (exact) mass is 254 g/mol. The average molecular weight is 254 g/mol. The van der Waals surface area contributed by atoms with Gasteiger partial charge in [0.2, 0.25) is 0 Å². The Labute approximate surface area is 103 Å². The van der Waals surface area contributed by atoms with Crippen molar-refractivity contribution in [2.24, 2.45) is 5.73 Å². The van der Waals surface area contributed by atoms with Crippen LogP contribution >= 0.6 is 0 Å². The molecule has 0 aliphatic rings. The summed E-state index contributed by atoms with van der Waals surface area (Å²) in [4.78, 5) is 21.4. The molecule has 1 rings (SSSR count). The summed E-state index contributed by atoms with van der Waals surface area (Å²) in [5.74, 6) is -0.683. The second kappa shape index (κ2) is 5.97. The lowest BCUT2D eigenvalue weighted by Crippen LogP contribution is -2.18. The molecule has 7 nitrogen and oxygen atoms in total. The number of hydrogen-bond donors (Lipinski definition) is 2. The maximum absolute atomic E-state index is 11.3. The van der Waals surface area contributed by atoms with E-state index in [1.807, 2.05) is 0 Å². The van der Waals surface area contributed by atoms with Crippen molar-refractivity contribution in [1.82, 2.24) is 0 Å². The molecule has 0 bridgehead atoms. The second-order valence-electron chi connectivity index (χ2n) is 3.62. The number of nitro groups is 1. The van der Waals surface area contributed by atoms with Gasteiger partial charge in [0.1, 0.15) is 5.75 Å². The molecular weight excluding hydrogens is 240 g/mol. The summed E-state index contributed by atoms with van der Waals surface area (Å²) in [6.07, 6.45) is -0.182. The van der Waals surface area contributed by atoms with Crippen LogP contribution in [0.4, 0.5) is 5.69 Å². The summed E-state index contributed by atoms with van der Waals surface area (Å²) in [5, 5.41) is 20.1. The lowest BCUT2D eigenvalue weighted by atomic mass is 10.0. The molecule has 0 aliphatic heterocycles. The van der Waals surface area contributed by atoms with Gasteiger partial charge in [-0.2, -0.15) is 0 Å². The highest BCUT2D eigenvalue weighted by Crippen LogP contribution is 2.29. The van der Waals surface area contributed by atoms with Crippen molar-refractivity contribution in [2.45, 2.75) is 19.4 Å². The van der Waals surface area contributed by atoms with Crippen molar-refractivity contribution in [3.8, 4) is 5.75 Å². The minimum Gasteiger partial charge on any atom is -0.508 e. The quantitative estimate of drug-likeness (QED) is 0.464. The SMILES string of the molecule is CCOC(=O)C[C@@H](N)c1cc(O)ccc1[N+](=O)[O-]. The van der Waals surface area contributed by atoms with Crippen LogP contribution in [-0.4, -0.2) is 22.6 Å². The summed E-state index contributed by atoms with van der Waals surface area (Å²) in [7, 11) is 0. The van der Waals surface area contributed by atoms with Gasteiger partial charge in [0.25, 0.3) is 5.69 Å². The first-order chi connectivity index (χ1) is 8.45. The smallest absolute Gasteiger partial charge is 0.307 e. The Balaban J connectivity index is 2.96. The maximum Gasteiger partial charge on any atom is 0.307 e. The van der Waals surface area contributed by atoms with Gasteiger partial charge < -0.3 is 15.6 Å². The normalized spacial score (nSPS) is 11.9. The van der Waals surface area contributed by atoms with Gasteiger partial charge in [-0.25, -0.2) is 0 Å². The van der Waals surface area contributed by atoms with Gasteiger partial charge >= 0.3 is 5.97 Å². The number of esters is 1. The molecule has 3 N–H and O–H groups in total. The lowest BCUT2D eigenvalue weighted by Gasteiger charge is -2.11. The highest BCUT2D eigenvalue weighted by molar-refractivity contribution is 5.71. The number of nitrogens with zero attached hydrogens (tertiary/aromatic N) is 1. The molecule has 0 heterocycles. The van der Waals surface area contributed by atoms with Gasteiger partial charge in [0.15, 0.2) is 0 Å². The van der Waals surface area contributed by atoms with Crippen molar-refractivity contribution < 1.29 is 19.6 Å². The van der Waals surface area contributed by atoms with E-state index < -0.39 is 16.9 Å². The lowest BCUT2D eigenvalue weighted by molar-refractivity contribution is -0.385. The second-order valence-corrected chi connectivity index (χ2v) is 3.62. The number of hydrogen-bond acceptors (Lipinski definition) is 6. The van der Waals surface area contributed by atoms with Gasteiger partial charge in [-0.3, -0.25) is 14.9 Å². The van der Waals surface area contributed by atoms with E-state index in [9.17, 15) is 20.0 Å². The van der Waals surface area contributed by atoms with Crippen LogP contribution in [-0.2, 0) is 9.53 Å². The molecule has 0 spiro atoms. The molecule has 98 valence electrons. The predicted octanol–water partition coefficient (Wildman–Crippen LogP) is 1.25. The van der Waals surface area contributed by atoms with Gasteiger partial charge in [-0.15, -0.1) is 0 Å². The summed E-state index contributed by atoms with van der Waals surface area (Å²) in [6, 6.07) is 2.63. The van der Waals surface area contributed by atoms with Crippen molar-refractivity contribution in [2.75, 3.05) is 6.61 Å². The van der Waals surface area contributed by atoms with Crippen LogP contribution in [0.5, 0.6) is 5.75 Å². The van der Waals surface area contributed by atoms with Crippen molar-refractivity contribution in [3.63, 3.8) is 0 Å². The number of phenols is 1. The first-order valence-electron chi connectivity index (χ1n) is 5.34. The molecule has 1 aromatic rings. The molecule has 0 saturated heterocycles. The molecule has 7 heteroatoms. The molecule has 0 aromatic heterocycles. The highest BCUT2D eigenvalue weighted by atomic mass is 16.6. The molecule has 1 atom stereocenters. The third-order valence-electron chi connectivity index (χ3n) is 2.30. The van der Waals surface area contributed by atoms with Crippen LogP contribution in [0.1, 0.15) is 24.9 Å². The van der Waals surface area contributed by atoms with Crippen molar-refractivity contribution in [3.05, 3.63) is 33.9 Å². The Morgan fingerprint density at radius 2 is 2.28 bits per heavy atom. The maximum atomic E-state index is 11.3. The summed E-state index contributed by atoms with van der Waals surface area (Å²) < 4.78 is 4.71. The van der Waals surface area contributed by atoms with E-state index in [-0.39, 0.29) is 30.0 Å². The summed E-state index contributed by atoms with van der Waals surface area (Å²) in [5.41, 5.74) is 5.59. The summed E-state index contributed by atoms with van der Waals surface area (Å²) >= 11 is 0. The fourth-order valence-electron chi connectivity index (χ4n) is 1.51. The Hall–Kier alpha value is -2.15. The molecule has 0 aliphatic carbocycles. The highest BCUT2D eigenvalue weighted by Gasteiger charge is 2.22. The van der Waals surface area contributed by atoms with E-state index in [2.05, 4.69) is 0 Å². The van der Waals surface area contributed by atoms with Gasteiger partial charge in [0, 0.05) is 12.1 Å². The molecule has 0 unspecified atom stereocenters. The van der Waals surface area contributed by atoms with E-state index in [0.29, 0.717) is 0 Å². The number of nitrogens with two attached hydrogens (primary N) is 1. The predicted molar refractivity (Wildman–Crippen MR) is 62.9 cm³/mol. The number of carbonyl (C=O) groups excluding carboxylic acids is 1. The molecular formula is C11H14N2O5. The molecule has 0 amide bonds. The zero-order valence-electron chi connectivity index (χ0n) is 9.83. The van der Waals surface area contributed by atoms with Crippen LogP contribution in [0.2, 0.25) is 0 Å². The number of carbonyl (C=O) groups is 1. The van der Waals surface area contributed by atoms with Crippen LogP contribution in [0.25, 0.3) is 0 Å². The summed E-state index contributed by atoms with van der Waals surface area (Å²) in [6.45, 7) is 1.87. The van der Waals surface area contributed by atoms with E-state index in [4.69, 9.17) is 10.5 Å². The first kappa shape index (κ1) is 13.9. The van der Waals surface area contributed by atoms with Crippen LogP contribution in [0.15, 0.2) is 18.2 Å². The first-order valence-corrected chi connectivity index (χ1v) is 5.34. The Morgan fingerprint density at radius 3 is 2.83 bits per heavy atom. The number of nitro benzene ring substituents is 1. The fourth-order valence-corrected chi connectivity index (χ4v) is 1.51. The number of ether oxygens (including phenoxy) is 1. The van der Waals surface area contributed by atoms with Crippen LogP contribution in [0, 0.1) is 10.1 Å². The fraction of sp³-hybridized carbons (Fsp3) is 0.364. The Morgan fingerprint density at radius 1 is 1.61 bits per heavy atom. The molecule has 0 fully saturated rings. The Bertz CT molecular complexity index is 461. The average Bonchev–Trinajstić information content (AvgIpc) is 2.28. The molecule has 0 radical (unpaired) electrons. The number of phenolic OH excluding ortho intramolecular Hbond substituents is 1. The largest absolute Gasteiger partial charge is 0.508 e. The van der Waals surface area contributed by atoms with E-state index in [0.717, 1.165) is 6.07 Å². The van der Waals surface area contributed by atoms with Crippen LogP contribution in [0.3, 0.4) is 0 Å². The number of rotatable bonds is 5. The van der Waals surface area contributed by atoms with Crippen molar-refractivity contribution >= 4 is 11.7 Å². The van der Waals surface area contributed by atoms with Crippen molar-refractivity contribution in [1.29, 1.82) is 0 Å². The Kier molecular flexibility index (Phi) is 4.61. The zero-order chi connectivity index (χ0) is 13.7. The molecule has 18 heavy (non-hydrogen) atoms. The zero-order valence-corrected chi connectivity index (χ0v) is 9.83. The number of benzene rings is 1. The van der Waals surface area contributed by atoms with Crippen LogP contribution < -0.4 is 5.73 Å². The van der Waals surface area contributed by atoms with Gasteiger partial charge in [0.05, 0.1) is 23.5 Å². The third-order valence-corrected chi connectivity index (χ3v) is 2.30. The number of aromatic hydroxyl groups is 1. The molecule has 0 saturated carbocycles. The molecule has 1 aromatic carbocycles. The van der Waals surface area contributed by atoms with E-state index >= 15 is 0 Å². The van der Waals surface area contributed by atoms with E-state index in [1.54, 1.807) is 6.92 Å². The van der Waals surface area contributed by atoms with E-state index in [1.165, 1.54) is 12.1 Å². The minimum absolute atomic E-state index is 0.105. The third kappa shape index (κ3) is 3.42. The minimum atomic E-state index is -0.892.